The second kappa shape index (κ2) is 8.52. The number of rotatable bonds is 4. The molecule has 2 aliphatic rings. The maximum atomic E-state index is 6.80. The van der Waals surface area contributed by atoms with Crippen molar-refractivity contribution in [1.29, 1.82) is 0 Å². The Morgan fingerprint density at radius 1 is 1.10 bits per heavy atom. The van der Waals surface area contributed by atoms with Gasteiger partial charge in [-0.2, -0.15) is 0 Å². The van der Waals surface area contributed by atoms with Crippen molar-refractivity contribution in [2.45, 2.75) is 31.8 Å². The molecule has 7 heteroatoms. The molecule has 0 aliphatic carbocycles. The van der Waals surface area contributed by atoms with Crippen LogP contribution in [-0.2, 0) is 0 Å². The highest BCUT2D eigenvalue weighted by atomic mass is 35.5. The zero-order chi connectivity index (χ0) is 21.4. The molecule has 2 atom stereocenters. The first-order valence-corrected chi connectivity index (χ1v) is 11.6. The molecule has 2 aromatic heterocycles. The second-order valence-electron chi connectivity index (χ2n) is 8.43. The molecule has 0 bridgehead atoms. The molecule has 2 fully saturated rings. The fourth-order valence-corrected chi connectivity index (χ4v) is 5.27. The van der Waals surface area contributed by atoms with Crippen molar-refractivity contribution in [3.63, 3.8) is 0 Å². The quantitative estimate of drug-likeness (QED) is 0.514. The highest BCUT2D eigenvalue weighted by Gasteiger charge is 2.41. The number of hydrogen-bond acceptors (Lipinski definition) is 3. The lowest BCUT2D eigenvalue weighted by Crippen LogP contribution is -2.33. The summed E-state index contributed by atoms with van der Waals surface area (Å²) >= 11 is 12.6. The molecule has 1 aromatic carbocycles. The van der Waals surface area contributed by atoms with E-state index in [0.717, 1.165) is 46.8 Å². The van der Waals surface area contributed by atoms with Crippen LogP contribution in [0.2, 0.25) is 5.02 Å². The van der Waals surface area contributed by atoms with Crippen molar-refractivity contribution < 1.29 is 0 Å². The largest absolute Gasteiger partial charge is 0.370 e. The van der Waals surface area contributed by atoms with E-state index in [4.69, 9.17) is 23.8 Å². The molecule has 160 valence electrons. The van der Waals surface area contributed by atoms with E-state index in [1.807, 2.05) is 42.7 Å². The van der Waals surface area contributed by atoms with Gasteiger partial charge in [0, 0.05) is 36.9 Å². The summed E-state index contributed by atoms with van der Waals surface area (Å²) in [6.07, 6.45) is 6.18. The normalized spacial score (nSPS) is 22.1. The third kappa shape index (κ3) is 3.90. The molecule has 2 N–H and O–H groups in total. The van der Waals surface area contributed by atoms with Gasteiger partial charge < -0.3 is 20.1 Å². The average Bonchev–Trinajstić information content (AvgIpc) is 3.43. The van der Waals surface area contributed by atoms with Gasteiger partial charge in [0.1, 0.15) is 6.04 Å². The number of benzene rings is 1. The fourth-order valence-electron chi connectivity index (χ4n) is 4.63. The number of thiocarbonyl (C=S) groups is 1. The zero-order valence-corrected chi connectivity index (χ0v) is 19.0. The summed E-state index contributed by atoms with van der Waals surface area (Å²) in [5.74, 6) is 0.785. The Bertz CT molecular complexity index is 1050. The molecule has 5 nitrogen and oxygen atoms in total. The number of H-pyrrole nitrogens is 1. The topological polar surface area (TPSA) is 47.2 Å². The summed E-state index contributed by atoms with van der Waals surface area (Å²) in [6, 6.07) is 16.3. The number of piperidine rings is 1. The van der Waals surface area contributed by atoms with Gasteiger partial charge in [-0.25, -0.2) is 0 Å². The van der Waals surface area contributed by atoms with E-state index >= 15 is 0 Å². The van der Waals surface area contributed by atoms with Gasteiger partial charge in [0.25, 0.3) is 0 Å². The van der Waals surface area contributed by atoms with E-state index in [2.05, 4.69) is 50.2 Å². The van der Waals surface area contributed by atoms with E-state index in [1.54, 1.807) is 0 Å². The third-order valence-corrected chi connectivity index (χ3v) is 6.99. The van der Waals surface area contributed by atoms with Crippen LogP contribution < -0.4 is 15.1 Å². The predicted octanol–water partition coefficient (Wildman–Crippen LogP) is 5.48. The van der Waals surface area contributed by atoms with Gasteiger partial charge in [-0.15, -0.1) is 0 Å². The molecule has 0 spiro atoms. The van der Waals surface area contributed by atoms with E-state index in [9.17, 15) is 0 Å². The molecular weight excluding hydrogens is 426 g/mol. The Balaban J connectivity index is 1.49. The molecule has 0 radical (unpaired) electrons. The highest BCUT2D eigenvalue weighted by Crippen LogP contribution is 2.42. The van der Waals surface area contributed by atoms with Crippen LogP contribution >= 0.6 is 23.8 Å². The number of hydrogen-bond donors (Lipinski definition) is 2. The van der Waals surface area contributed by atoms with Crippen LogP contribution in [0.1, 0.15) is 43.2 Å². The van der Waals surface area contributed by atoms with E-state index in [-0.39, 0.29) is 12.1 Å². The minimum atomic E-state index is -0.0608. The molecule has 4 heterocycles. The number of nitrogens with zero attached hydrogens (tertiary/aromatic N) is 3. The van der Waals surface area contributed by atoms with Gasteiger partial charge in [-0.05, 0) is 73.4 Å². The predicted molar refractivity (Wildman–Crippen MR) is 131 cm³/mol. The van der Waals surface area contributed by atoms with E-state index in [0.29, 0.717) is 5.11 Å². The molecular formula is C24H26ClN5S. The van der Waals surface area contributed by atoms with Gasteiger partial charge in [-0.1, -0.05) is 24.6 Å². The fraction of sp³-hybridized carbons (Fsp3) is 0.333. The van der Waals surface area contributed by atoms with Crippen LogP contribution in [0.4, 0.5) is 11.4 Å². The minimum absolute atomic E-state index is 0.0462. The molecule has 0 unspecified atom stereocenters. The van der Waals surface area contributed by atoms with Crippen LogP contribution in [0, 0.1) is 5.92 Å². The van der Waals surface area contributed by atoms with Gasteiger partial charge in [-0.3, -0.25) is 4.98 Å². The molecule has 5 rings (SSSR count). The average molecular weight is 452 g/mol. The minimum Gasteiger partial charge on any atom is -0.370 e. The van der Waals surface area contributed by atoms with Gasteiger partial charge >= 0.3 is 0 Å². The van der Waals surface area contributed by atoms with E-state index < -0.39 is 0 Å². The van der Waals surface area contributed by atoms with Crippen LogP contribution in [0.3, 0.4) is 0 Å². The number of anilines is 2. The molecule has 0 amide bonds. The van der Waals surface area contributed by atoms with Crippen LogP contribution in [0.15, 0.2) is 60.9 Å². The van der Waals surface area contributed by atoms with Gasteiger partial charge in [0.05, 0.1) is 22.4 Å². The van der Waals surface area contributed by atoms with E-state index in [1.165, 1.54) is 12.8 Å². The van der Waals surface area contributed by atoms with Gasteiger partial charge in [0.2, 0.25) is 0 Å². The lowest BCUT2D eigenvalue weighted by atomic mass is 9.98. The van der Waals surface area contributed by atoms with Gasteiger partial charge in [0.15, 0.2) is 5.11 Å². The molecule has 2 saturated heterocycles. The number of halogens is 1. The van der Waals surface area contributed by atoms with Crippen molar-refractivity contribution in [1.82, 2.24) is 15.3 Å². The van der Waals surface area contributed by atoms with Crippen molar-refractivity contribution in [3.8, 4) is 0 Å². The van der Waals surface area contributed by atoms with Crippen LogP contribution in [0.5, 0.6) is 0 Å². The Hall–Kier alpha value is -2.57. The summed E-state index contributed by atoms with van der Waals surface area (Å²) in [5, 5.41) is 4.92. The van der Waals surface area contributed by atoms with Crippen molar-refractivity contribution in [2.75, 3.05) is 22.9 Å². The lowest BCUT2D eigenvalue weighted by molar-refractivity contribution is 0.438. The molecule has 2 aliphatic heterocycles. The standard InChI is InChI=1S/C24H26ClN5S/c1-16-9-13-29(14-10-16)21-8-7-17(15-18(21)25)30-23(20-6-4-12-27-20)22(28-24(30)31)19-5-2-3-11-26-19/h2-8,11-12,15-16,22-23,27H,9-10,13-14H2,1H3,(H,28,31)/t22-,23+/m1/s1. The highest BCUT2D eigenvalue weighted by molar-refractivity contribution is 7.80. The molecule has 3 aromatic rings. The summed E-state index contributed by atoms with van der Waals surface area (Å²) in [5.41, 5.74) is 4.12. The monoisotopic (exact) mass is 451 g/mol. The first-order chi connectivity index (χ1) is 15.1. The van der Waals surface area contributed by atoms with Crippen LogP contribution in [0.25, 0.3) is 0 Å². The summed E-state index contributed by atoms with van der Waals surface area (Å²) in [6.45, 7) is 4.43. The number of aromatic amines is 1. The Morgan fingerprint density at radius 3 is 2.61 bits per heavy atom. The number of nitrogens with one attached hydrogen (secondary N) is 2. The first kappa shape index (κ1) is 20.3. The van der Waals surface area contributed by atoms with Crippen molar-refractivity contribution >= 4 is 40.3 Å². The Labute approximate surface area is 193 Å². The maximum Gasteiger partial charge on any atom is 0.174 e. The van der Waals surface area contributed by atoms with Crippen molar-refractivity contribution in [3.05, 3.63) is 77.3 Å². The SMILES string of the molecule is CC1CCN(c2ccc(N3C(=S)N[C@H](c4ccccn4)[C@@H]3c3ccc[nH]3)cc2Cl)CC1. The second-order valence-corrected chi connectivity index (χ2v) is 9.22. The summed E-state index contributed by atoms with van der Waals surface area (Å²) in [7, 11) is 0. The van der Waals surface area contributed by atoms with Crippen molar-refractivity contribution in [2.24, 2.45) is 5.92 Å². The Kier molecular flexibility index (Phi) is 5.59. The number of pyridine rings is 1. The Morgan fingerprint density at radius 2 is 1.94 bits per heavy atom. The molecule has 31 heavy (non-hydrogen) atoms. The summed E-state index contributed by atoms with van der Waals surface area (Å²) < 4.78 is 0. The lowest BCUT2D eigenvalue weighted by Gasteiger charge is -2.33. The molecule has 0 saturated carbocycles. The zero-order valence-electron chi connectivity index (χ0n) is 17.5. The van der Waals surface area contributed by atoms with Crippen LogP contribution in [-0.4, -0.2) is 28.2 Å². The number of aromatic nitrogens is 2. The smallest absolute Gasteiger partial charge is 0.174 e. The maximum absolute atomic E-state index is 6.80. The third-order valence-electron chi connectivity index (χ3n) is 6.37. The summed E-state index contributed by atoms with van der Waals surface area (Å²) in [4.78, 5) is 12.5. The first-order valence-electron chi connectivity index (χ1n) is 10.8.